The van der Waals surface area contributed by atoms with Crippen LogP contribution in [0.25, 0.3) is 5.57 Å². The molecule has 2 unspecified atom stereocenters. The normalized spacial score (nSPS) is 14.1. The molecule has 0 aliphatic rings. The summed E-state index contributed by atoms with van der Waals surface area (Å²) in [6.45, 7) is 0. The molecule has 6 nitrogen and oxygen atoms in total. The Bertz CT molecular complexity index is 1070. The molecular weight excluding hydrogens is 435 g/mol. The van der Waals surface area contributed by atoms with E-state index in [-0.39, 0.29) is 18.9 Å². The standard InChI is InChI=1S/C24H24F3N3O3/c25-24(26,27)19-9-4-8-18(15-19)20(10-5-11-22(33-28)23(31)32)21(30-13-12-29-16-30)14-17-6-2-1-3-7-17/h1-4,6-10,12-13,15-16,21-22H,5,11,14,28H2,(H,31,32). The zero-order valence-corrected chi connectivity index (χ0v) is 17.7. The van der Waals surface area contributed by atoms with E-state index in [9.17, 15) is 23.1 Å². The number of allylic oxidation sites excluding steroid dienone is 2. The van der Waals surface area contributed by atoms with E-state index >= 15 is 0 Å². The Labute approximate surface area is 189 Å². The molecule has 1 aromatic heterocycles. The number of halogens is 3. The van der Waals surface area contributed by atoms with Crippen molar-refractivity contribution < 1.29 is 27.9 Å². The molecule has 9 heteroatoms. The van der Waals surface area contributed by atoms with Gasteiger partial charge in [-0.05, 0) is 48.1 Å². The molecule has 0 amide bonds. The lowest BCUT2D eigenvalue weighted by molar-refractivity contribution is -0.151. The van der Waals surface area contributed by atoms with Gasteiger partial charge in [0.05, 0.1) is 17.9 Å². The van der Waals surface area contributed by atoms with Crippen LogP contribution >= 0.6 is 0 Å². The predicted molar refractivity (Wildman–Crippen MR) is 117 cm³/mol. The maximum Gasteiger partial charge on any atom is 0.416 e. The Hall–Kier alpha value is -3.43. The third-order valence-corrected chi connectivity index (χ3v) is 5.27. The first kappa shape index (κ1) is 24.2. The number of benzene rings is 2. The van der Waals surface area contributed by atoms with Crippen molar-refractivity contribution >= 4 is 11.5 Å². The van der Waals surface area contributed by atoms with Gasteiger partial charge < -0.3 is 9.67 Å². The summed E-state index contributed by atoms with van der Waals surface area (Å²) >= 11 is 0. The highest BCUT2D eigenvalue weighted by atomic mass is 19.4. The number of carboxylic acids is 1. The lowest BCUT2D eigenvalue weighted by Crippen LogP contribution is -2.26. The monoisotopic (exact) mass is 459 g/mol. The van der Waals surface area contributed by atoms with Gasteiger partial charge in [0.25, 0.3) is 0 Å². The fourth-order valence-corrected chi connectivity index (χ4v) is 3.63. The van der Waals surface area contributed by atoms with Crippen molar-refractivity contribution in [1.82, 2.24) is 9.55 Å². The topological polar surface area (TPSA) is 90.4 Å². The highest BCUT2D eigenvalue weighted by Gasteiger charge is 2.31. The van der Waals surface area contributed by atoms with Crippen molar-refractivity contribution in [2.45, 2.75) is 37.6 Å². The molecule has 1 heterocycles. The zero-order chi connectivity index (χ0) is 23.8. The van der Waals surface area contributed by atoms with Crippen molar-refractivity contribution in [2.75, 3.05) is 0 Å². The third-order valence-electron chi connectivity index (χ3n) is 5.27. The lowest BCUT2D eigenvalue weighted by atomic mass is 9.90. The Kier molecular flexibility index (Phi) is 8.02. The summed E-state index contributed by atoms with van der Waals surface area (Å²) in [5.41, 5.74) is 1.23. The Balaban J connectivity index is 2.05. The minimum atomic E-state index is -4.49. The Morgan fingerprint density at radius 3 is 2.55 bits per heavy atom. The lowest BCUT2D eigenvalue weighted by Gasteiger charge is -2.24. The number of alkyl halides is 3. The van der Waals surface area contributed by atoms with Crippen molar-refractivity contribution in [3.05, 3.63) is 96.1 Å². The van der Waals surface area contributed by atoms with E-state index in [0.717, 1.165) is 17.7 Å². The molecule has 33 heavy (non-hydrogen) atoms. The van der Waals surface area contributed by atoms with Crippen molar-refractivity contribution in [3.8, 4) is 0 Å². The maximum absolute atomic E-state index is 13.4. The number of aromatic nitrogens is 2. The van der Waals surface area contributed by atoms with Crippen LogP contribution in [0, 0.1) is 0 Å². The van der Waals surface area contributed by atoms with Gasteiger partial charge in [0.15, 0.2) is 6.10 Å². The zero-order valence-electron chi connectivity index (χ0n) is 17.7. The first-order valence-corrected chi connectivity index (χ1v) is 10.3. The number of imidazole rings is 1. The van der Waals surface area contributed by atoms with Gasteiger partial charge in [0.2, 0.25) is 0 Å². The van der Waals surface area contributed by atoms with Gasteiger partial charge in [0.1, 0.15) is 0 Å². The van der Waals surface area contributed by atoms with Gasteiger partial charge >= 0.3 is 12.1 Å². The molecule has 0 saturated carbocycles. The van der Waals surface area contributed by atoms with Crippen LogP contribution in [0.2, 0.25) is 0 Å². The molecule has 0 spiro atoms. The molecule has 2 atom stereocenters. The summed E-state index contributed by atoms with van der Waals surface area (Å²) < 4.78 is 42.1. The quantitative estimate of drug-likeness (QED) is 0.421. The van der Waals surface area contributed by atoms with E-state index < -0.39 is 23.8 Å². The van der Waals surface area contributed by atoms with Crippen LogP contribution in [-0.2, 0) is 22.2 Å². The first-order valence-electron chi connectivity index (χ1n) is 10.3. The number of nitrogens with two attached hydrogens (primary N) is 1. The van der Waals surface area contributed by atoms with Crippen LogP contribution in [0.3, 0.4) is 0 Å². The van der Waals surface area contributed by atoms with Crippen LogP contribution in [0.15, 0.2) is 79.4 Å². The van der Waals surface area contributed by atoms with Gasteiger partial charge in [-0.15, -0.1) is 0 Å². The number of rotatable bonds is 10. The van der Waals surface area contributed by atoms with Crippen LogP contribution in [-0.4, -0.2) is 26.7 Å². The Morgan fingerprint density at radius 2 is 1.94 bits per heavy atom. The molecule has 0 fully saturated rings. The molecule has 3 rings (SSSR count). The predicted octanol–water partition coefficient (Wildman–Crippen LogP) is 4.89. The number of nitrogens with zero attached hydrogens (tertiary/aromatic N) is 2. The summed E-state index contributed by atoms with van der Waals surface area (Å²) in [5.74, 6) is 3.86. The summed E-state index contributed by atoms with van der Waals surface area (Å²) in [7, 11) is 0. The number of carboxylic acid groups (broad SMARTS) is 1. The smallest absolute Gasteiger partial charge is 0.416 e. The van der Waals surface area contributed by atoms with Gasteiger partial charge in [-0.2, -0.15) is 13.2 Å². The molecule has 2 aromatic carbocycles. The molecule has 0 radical (unpaired) electrons. The van der Waals surface area contributed by atoms with E-state index in [4.69, 9.17) is 5.90 Å². The van der Waals surface area contributed by atoms with Gasteiger partial charge in [-0.1, -0.05) is 48.5 Å². The molecule has 0 saturated heterocycles. The van der Waals surface area contributed by atoms with E-state index in [2.05, 4.69) is 9.82 Å². The van der Waals surface area contributed by atoms with Gasteiger partial charge in [-0.3, -0.25) is 4.84 Å². The second-order valence-electron chi connectivity index (χ2n) is 7.49. The molecule has 3 aromatic rings. The number of carbonyl (C=O) groups is 1. The fourth-order valence-electron chi connectivity index (χ4n) is 3.63. The second-order valence-corrected chi connectivity index (χ2v) is 7.49. The highest BCUT2D eigenvalue weighted by Crippen LogP contribution is 2.36. The Morgan fingerprint density at radius 1 is 1.18 bits per heavy atom. The van der Waals surface area contributed by atoms with Crippen molar-refractivity contribution in [2.24, 2.45) is 5.90 Å². The number of hydrogen-bond acceptors (Lipinski definition) is 4. The van der Waals surface area contributed by atoms with E-state index in [1.165, 1.54) is 6.07 Å². The van der Waals surface area contributed by atoms with Gasteiger partial charge in [0, 0.05) is 12.4 Å². The fraction of sp³-hybridized carbons (Fsp3) is 0.250. The van der Waals surface area contributed by atoms with Crippen LogP contribution < -0.4 is 5.90 Å². The number of hydrogen-bond donors (Lipinski definition) is 2. The molecule has 0 aliphatic carbocycles. The van der Waals surface area contributed by atoms with Crippen LogP contribution in [0.5, 0.6) is 0 Å². The second kappa shape index (κ2) is 10.9. The van der Waals surface area contributed by atoms with Crippen molar-refractivity contribution in [3.63, 3.8) is 0 Å². The van der Waals surface area contributed by atoms with E-state index in [1.54, 1.807) is 30.9 Å². The molecular formula is C24H24F3N3O3. The minimum Gasteiger partial charge on any atom is -0.479 e. The third kappa shape index (κ3) is 6.53. The minimum absolute atomic E-state index is 0.0658. The summed E-state index contributed by atoms with van der Waals surface area (Å²) in [4.78, 5) is 19.8. The largest absolute Gasteiger partial charge is 0.479 e. The summed E-state index contributed by atoms with van der Waals surface area (Å²) in [5, 5.41) is 9.17. The molecule has 3 N–H and O–H groups in total. The van der Waals surface area contributed by atoms with Crippen LogP contribution in [0.1, 0.15) is 35.6 Å². The summed E-state index contributed by atoms with van der Waals surface area (Å²) in [6.07, 6.45) is 1.79. The van der Waals surface area contributed by atoms with Gasteiger partial charge in [-0.25, -0.2) is 15.7 Å². The molecule has 174 valence electrons. The van der Waals surface area contributed by atoms with Crippen LogP contribution in [0.4, 0.5) is 13.2 Å². The maximum atomic E-state index is 13.4. The molecule has 0 aliphatic heterocycles. The average Bonchev–Trinajstić information content (AvgIpc) is 3.33. The first-order chi connectivity index (χ1) is 15.8. The van der Waals surface area contributed by atoms with Crippen molar-refractivity contribution in [1.29, 1.82) is 0 Å². The van der Waals surface area contributed by atoms with E-state index in [0.29, 0.717) is 17.6 Å². The summed E-state index contributed by atoms with van der Waals surface area (Å²) in [6, 6.07) is 14.3. The number of aliphatic carboxylic acids is 1. The SMILES string of the molecule is NOC(CCC=C(c1cccc(C(F)(F)F)c1)C(Cc1ccccc1)n1ccnc1)C(=O)O. The average molecular weight is 459 g/mol. The molecule has 0 bridgehead atoms. The van der Waals surface area contributed by atoms with E-state index in [1.807, 2.05) is 34.9 Å². The highest BCUT2D eigenvalue weighted by molar-refractivity contribution is 5.72.